The molecule has 1 N–H and O–H groups in total. The van der Waals surface area contributed by atoms with E-state index in [0.717, 1.165) is 32.0 Å². The normalized spacial score (nSPS) is 26.1. The average molecular weight is 294 g/mol. The van der Waals surface area contributed by atoms with Crippen LogP contribution in [0.4, 0.5) is 4.79 Å². The van der Waals surface area contributed by atoms with Gasteiger partial charge in [-0.05, 0) is 51.6 Å². The van der Waals surface area contributed by atoms with E-state index in [1.807, 2.05) is 19.0 Å². The van der Waals surface area contributed by atoms with Gasteiger partial charge in [-0.15, -0.1) is 0 Å². The Hall–Kier alpha value is -0.810. The molecule has 5 heteroatoms. The summed E-state index contributed by atoms with van der Waals surface area (Å²) in [6.45, 7) is 4.35. The molecule has 3 rings (SSSR count). The molecule has 0 atom stereocenters. The van der Waals surface area contributed by atoms with Crippen molar-refractivity contribution in [3.05, 3.63) is 0 Å². The molecule has 0 aromatic rings. The molecule has 2 aliphatic heterocycles. The second-order valence-electron chi connectivity index (χ2n) is 7.15. The minimum Gasteiger partial charge on any atom is -0.331 e. The van der Waals surface area contributed by atoms with Crippen molar-refractivity contribution in [2.75, 3.05) is 40.3 Å². The van der Waals surface area contributed by atoms with Crippen molar-refractivity contribution in [2.24, 2.45) is 0 Å². The highest BCUT2D eigenvalue weighted by atomic mass is 16.2. The van der Waals surface area contributed by atoms with Gasteiger partial charge in [-0.3, -0.25) is 0 Å². The maximum Gasteiger partial charge on any atom is 0.319 e. The lowest BCUT2D eigenvalue weighted by Gasteiger charge is -2.38. The van der Waals surface area contributed by atoms with E-state index in [0.29, 0.717) is 12.1 Å². The van der Waals surface area contributed by atoms with Gasteiger partial charge in [0.2, 0.25) is 0 Å². The van der Waals surface area contributed by atoms with Crippen LogP contribution in [-0.4, -0.2) is 79.1 Å². The second kappa shape index (κ2) is 6.53. The summed E-state index contributed by atoms with van der Waals surface area (Å²) >= 11 is 0. The molecule has 1 aliphatic carbocycles. The van der Waals surface area contributed by atoms with Gasteiger partial charge in [0.05, 0.1) is 0 Å². The van der Waals surface area contributed by atoms with E-state index in [1.54, 1.807) is 4.90 Å². The van der Waals surface area contributed by atoms with Crippen molar-refractivity contribution in [3.63, 3.8) is 0 Å². The monoisotopic (exact) mass is 294 g/mol. The van der Waals surface area contributed by atoms with Crippen molar-refractivity contribution >= 4 is 6.03 Å². The van der Waals surface area contributed by atoms with Gasteiger partial charge in [0.25, 0.3) is 0 Å². The van der Waals surface area contributed by atoms with E-state index in [2.05, 4.69) is 10.2 Å². The summed E-state index contributed by atoms with van der Waals surface area (Å²) in [5, 5.41) is 3.85. The van der Waals surface area contributed by atoms with E-state index < -0.39 is 0 Å². The number of piperidine rings is 2. The lowest BCUT2D eigenvalue weighted by atomic mass is 9.99. The largest absolute Gasteiger partial charge is 0.331 e. The lowest BCUT2D eigenvalue weighted by molar-refractivity contribution is 0.141. The molecular weight excluding hydrogens is 264 g/mol. The summed E-state index contributed by atoms with van der Waals surface area (Å²) in [5.41, 5.74) is 0. The molecule has 21 heavy (non-hydrogen) atoms. The Morgan fingerprint density at radius 1 is 0.905 bits per heavy atom. The van der Waals surface area contributed by atoms with Gasteiger partial charge in [-0.1, -0.05) is 0 Å². The van der Waals surface area contributed by atoms with Crippen LogP contribution in [0.5, 0.6) is 0 Å². The second-order valence-corrected chi connectivity index (χ2v) is 7.15. The standard InChI is InChI=1S/C16H30N4O/c1-18(2)16(21)20-11-7-14(8-12-20)17-13-5-9-19(10-6-13)15-3-4-15/h13-15,17H,3-12H2,1-2H3. The van der Waals surface area contributed by atoms with Crippen LogP contribution in [0, 0.1) is 0 Å². The molecule has 0 unspecified atom stereocenters. The third kappa shape index (κ3) is 3.89. The van der Waals surface area contributed by atoms with Crippen LogP contribution in [0.1, 0.15) is 38.5 Å². The van der Waals surface area contributed by atoms with Gasteiger partial charge in [-0.2, -0.15) is 0 Å². The zero-order valence-corrected chi connectivity index (χ0v) is 13.6. The number of hydrogen-bond acceptors (Lipinski definition) is 3. The van der Waals surface area contributed by atoms with Crippen molar-refractivity contribution in [1.82, 2.24) is 20.0 Å². The predicted molar refractivity (Wildman–Crippen MR) is 84.4 cm³/mol. The maximum atomic E-state index is 11.9. The van der Waals surface area contributed by atoms with Crippen LogP contribution in [0.25, 0.3) is 0 Å². The SMILES string of the molecule is CN(C)C(=O)N1CCC(NC2CCN(C3CC3)CC2)CC1. The van der Waals surface area contributed by atoms with E-state index in [1.165, 1.54) is 38.8 Å². The van der Waals surface area contributed by atoms with Crippen molar-refractivity contribution in [3.8, 4) is 0 Å². The number of hydrogen-bond donors (Lipinski definition) is 1. The molecule has 2 amide bonds. The maximum absolute atomic E-state index is 11.9. The van der Waals surface area contributed by atoms with E-state index in [4.69, 9.17) is 0 Å². The number of rotatable bonds is 3. The highest BCUT2D eigenvalue weighted by Crippen LogP contribution is 2.29. The molecule has 0 aromatic heterocycles. The van der Waals surface area contributed by atoms with Crippen LogP contribution < -0.4 is 5.32 Å². The van der Waals surface area contributed by atoms with E-state index >= 15 is 0 Å². The molecule has 0 aromatic carbocycles. The van der Waals surface area contributed by atoms with Gasteiger partial charge in [0.1, 0.15) is 0 Å². The third-order valence-electron chi connectivity index (χ3n) is 5.21. The number of nitrogens with zero attached hydrogens (tertiary/aromatic N) is 3. The number of likely N-dealkylation sites (tertiary alicyclic amines) is 2. The van der Waals surface area contributed by atoms with E-state index in [-0.39, 0.29) is 6.03 Å². The molecule has 0 spiro atoms. The number of nitrogens with one attached hydrogen (secondary N) is 1. The summed E-state index contributed by atoms with van der Waals surface area (Å²) < 4.78 is 0. The summed E-state index contributed by atoms with van der Waals surface area (Å²) in [5.74, 6) is 0. The number of carbonyl (C=O) groups excluding carboxylic acids is 1. The van der Waals surface area contributed by atoms with Gasteiger partial charge < -0.3 is 20.0 Å². The smallest absolute Gasteiger partial charge is 0.319 e. The molecule has 1 saturated carbocycles. The highest BCUT2D eigenvalue weighted by Gasteiger charge is 2.32. The minimum absolute atomic E-state index is 0.159. The van der Waals surface area contributed by atoms with Crippen LogP contribution in [0.3, 0.4) is 0 Å². The Balaban J connectivity index is 1.36. The first-order valence-corrected chi connectivity index (χ1v) is 8.60. The quantitative estimate of drug-likeness (QED) is 0.854. The molecule has 0 radical (unpaired) electrons. The molecule has 3 fully saturated rings. The molecule has 0 bridgehead atoms. The lowest BCUT2D eigenvalue weighted by Crippen LogP contribution is -2.52. The first-order valence-electron chi connectivity index (χ1n) is 8.60. The van der Waals surface area contributed by atoms with Crippen molar-refractivity contribution < 1.29 is 4.79 Å². The highest BCUT2D eigenvalue weighted by molar-refractivity contribution is 5.73. The van der Waals surface area contributed by atoms with Crippen LogP contribution >= 0.6 is 0 Å². The number of amides is 2. The number of urea groups is 1. The van der Waals surface area contributed by atoms with Gasteiger partial charge in [0, 0.05) is 45.3 Å². The molecule has 2 saturated heterocycles. The Morgan fingerprint density at radius 3 is 1.90 bits per heavy atom. The predicted octanol–water partition coefficient (Wildman–Crippen LogP) is 1.35. The van der Waals surface area contributed by atoms with Gasteiger partial charge >= 0.3 is 6.03 Å². The summed E-state index contributed by atoms with van der Waals surface area (Å²) in [7, 11) is 3.67. The average Bonchev–Trinajstić information content (AvgIpc) is 3.33. The summed E-state index contributed by atoms with van der Waals surface area (Å²) in [6.07, 6.45) is 7.65. The summed E-state index contributed by atoms with van der Waals surface area (Å²) in [6, 6.07) is 2.38. The third-order valence-corrected chi connectivity index (χ3v) is 5.21. The van der Waals surface area contributed by atoms with Crippen molar-refractivity contribution in [1.29, 1.82) is 0 Å². The fraction of sp³-hybridized carbons (Fsp3) is 0.938. The number of carbonyl (C=O) groups is 1. The molecule has 5 nitrogen and oxygen atoms in total. The Bertz CT molecular complexity index is 353. The van der Waals surface area contributed by atoms with Crippen LogP contribution in [-0.2, 0) is 0 Å². The fourth-order valence-corrected chi connectivity index (χ4v) is 3.72. The van der Waals surface area contributed by atoms with E-state index in [9.17, 15) is 4.79 Å². The Morgan fingerprint density at radius 2 is 1.43 bits per heavy atom. The molecule has 3 aliphatic rings. The van der Waals surface area contributed by atoms with Gasteiger partial charge in [0.15, 0.2) is 0 Å². The fourth-order valence-electron chi connectivity index (χ4n) is 3.72. The Labute approximate surface area is 128 Å². The zero-order valence-electron chi connectivity index (χ0n) is 13.6. The van der Waals surface area contributed by atoms with Gasteiger partial charge in [-0.25, -0.2) is 4.79 Å². The van der Waals surface area contributed by atoms with Crippen LogP contribution in [0.2, 0.25) is 0 Å². The first kappa shape index (κ1) is 15.1. The van der Waals surface area contributed by atoms with Crippen molar-refractivity contribution in [2.45, 2.75) is 56.7 Å². The first-order chi connectivity index (χ1) is 10.1. The van der Waals surface area contributed by atoms with Crippen LogP contribution in [0.15, 0.2) is 0 Å². The Kier molecular flexibility index (Phi) is 4.69. The molecule has 120 valence electrons. The molecular formula is C16H30N4O. The molecule has 2 heterocycles. The topological polar surface area (TPSA) is 38.8 Å². The zero-order chi connectivity index (χ0) is 14.8. The summed E-state index contributed by atoms with van der Waals surface area (Å²) in [4.78, 5) is 18.3. The minimum atomic E-state index is 0.159.